The lowest BCUT2D eigenvalue weighted by Crippen LogP contribution is -2.43. The highest BCUT2D eigenvalue weighted by Crippen LogP contribution is 2.49. The van der Waals surface area contributed by atoms with Gasteiger partial charge >= 0.3 is 5.97 Å². The number of nitrogens with zero attached hydrogens (tertiary/aromatic N) is 1. The van der Waals surface area contributed by atoms with Gasteiger partial charge in [-0.2, -0.15) is 5.26 Å². The smallest absolute Gasteiger partial charge is 0.328 e. The second kappa shape index (κ2) is 10.7. The Kier molecular flexibility index (Phi) is 7.57. The van der Waals surface area contributed by atoms with Crippen LogP contribution in [-0.2, 0) is 16.0 Å². The number of methoxy groups -OCH3 is 1. The van der Waals surface area contributed by atoms with E-state index in [4.69, 9.17) is 21.1 Å². The number of hydrogen-bond donors (Lipinski definition) is 0. The molecule has 0 heterocycles. The largest absolute Gasteiger partial charge is 0.496 e. The molecule has 4 aromatic rings. The summed E-state index contributed by atoms with van der Waals surface area (Å²) in [5.74, 6) is -0.699. The van der Waals surface area contributed by atoms with Crippen LogP contribution in [0.1, 0.15) is 43.4 Å². The summed E-state index contributed by atoms with van der Waals surface area (Å²) in [5, 5.41) is 13.5. The first-order valence-corrected chi connectivity index (χ1v) is 12.6. The molecule has 2 atom stereocenters. The third-order valence-electron chi connectivity index (χ3n) is 6.41. The number of hydrogen-bond acceptors (Lipinski definition) is 4. The van der Waals surface area contributed by atoms with Crippen LogP contribution in [0.4, 0.5) is 0 Å². The lowest BCUT2D eigenvalue weighted by molar-refractivity contribution is -0.165. The van der Waals surface area contributed by atoms with Crippen LogP contribution in [0, 0.1) is 16.7 Å². The number of benzene rings is 4. The molecule has 5 heteroatoms. The molecule has 0 aliphatic carbocycles. The maximum Gasteiger partial charge on any atom is 0.328 e. The zero-order valence-electron chi connectivity index (χ0n) is 21.5. The average Bonchev–Trinajstić information content (AvgIpc) is 2.87. The van der Waals surface area contributed by atoms with Crippen molar-refractivity contribution in [2.75, 3.05) is 7.11 Å². The molecule has 0 fully saturated rings. The average molecular weight is 512 g/mol. The van der Waals surface area contributed by atoms with Gasteiger partial charge in [0.2, 0.25) is 0 Å². The first-order valence-electron chi connectivity index (χ1n) is 12.2. The highest BCUT2D eigenvalue weighted by Gasteiger charge is 2.51. The normalized spacial score (nSPS) is 13.8. The van der Waals surface area contributed by atoms with Crippen LogP contribution in [0.15, 0.2) is 91.0 Å². The van der Waals surface area contributed by atoms with Crippen LogP contribution >= 0.6 is 11.6 Å². The van der Waals surface area contributed by atoms with Gasteiger partial charge in [-0.15, -0.1) is 0 Å². The minimum Gasteiger partial charge on any atom is -0.496 e. The molecule has 0 aliphatic heterocycles. The summed E-state index contributed by atoms with van der Waals surface area (Å²) in [7, 11) is 1.59. The Morgan fingerprint density at radius 1 is 0.919 bits per heavy atom. The SMILES string of the molecule is COc1ccccc1C(c1cccc2ccccc12)C(C#N)(Cc1cccc(Cl)c1)C(=O)OC(C)(C)C. The maximum atomic E-state index is 14.2. The second-order valence-electron chi connectivity index (χ2n) is 10.1. The number of para-hydroxylation sites is 1. The molecule has 2 unspecified atom stereocenters. The maximum absolute atomic E-state index is 14.2. The van der Waals surface area contributed by atoms with Crippen LogP contribution in [0.2, 0.25) is 5.02 Å². The molecule has 0 N–H and O–H groups in total. The molecule has 0 bridgehead atoms. The van der Waals surface area contributed by atoms with Gasteiger partial charge in [-0.3, -0.25) is 4.79 Å². The van der Waals surface area contributed by atoms with E-state index in [9.17, 15) is 10.1 Å². The van der Waals surface area contributed by atoms with Crippen LogP contribution in [0.3, 0.4) is 0 Å². The number of halogens is 1. The van der Waals surface area contributed by atoms with E-state index in [1.165, 1.54) is 0 Å². The zero-order chi connectivity index (χ0) is 26.6. The van der Waals surface area contributed by atoms with Gasteiger partial charge in [0.25, 0.3) is 0 Å². The van der Waals surface area contributed by atoms with Gasteiger partial charge in [0, 0.05) is 22.9 Å². The molecule has 4 aromatic carbocycles. The molecule has 4 nitrogen and oxygen atoms in total. The number of carbonyl (C=O) groups is 1. The Labute approximate surface area is 223 Å². The Balaban J connectivity index is 2.08. The summed E-state index contributed by atoms with van der Waals surface area (Å²) in [6.07, 6.45) is 0.102. The van der Waals surface area contributed by atoms with Crippen molar-refractivity contribution in [1.29, 1.82) is 5.26 Å². The van der Waals surface area contributed by atoms with Crippen molar-refractivity contribution in [3.05, 3.63) is 113 Å². The molecule has 0 amide bonds. The Morgan fingerprint density at radius 2 is 1.57 bits per heavy atom. The second-order valence-corrected chi connectivity index (χ2v) is 10.6. The molecule has 0 aromatic heterocycles. The minimum atomic E-state index is -1.63. The number of carbonyl (C=O) groups excluding carboxylic acids is 1. The summed E-state index contributed by atoms with van der Waals surface area (Å²) in [6, 6.07) is 31.2. The van der Waals surface area contributed by atoms with Gasteiger partial charge in [-0.25, -0.2) is 0 Å². The number of rotatable bonds is 7. The van der Waals surface area contributed by atoms with Crippen molar-refractivity contribution < 1.29 is 14.3 Å². The number of esters is 1. The van der Waals surface area contributed by atoms with E-state index in [0.29, 0.717) is 10.8 Å². The molecule has 0 spiro atoms. The van der Waals surface area contributed by atoms with Crippen molar-refractivity contribution >= 4 is 28.3 Å². The first-order chi connectivity index (χ1) is 17.7. The lowest BCUT2D eigenvalue weighted by atomic mass is 9.65. The number of fused-ring (bicyclic) bond motifs is 1. The fourth-order valence-electron chi connectivity index (χ4n) is 4.89. The van der Waals surface area contributed by atoms with Gasteiger partial charge in [-0.05, 0) is 60.9 Å². The van der Waals surface area contributed by atoms with Gasteiger partial charge in [0.1, 0.15) is 11.4 Å². The molecule has 0 saturated heterocycles. The molecule has 0 saturated carbocycles. The Bertz CT molecular complexity index is 1460. The molecule has 4 rings (SSSR count). The number of nitriles is 1. The van der Waals surface area contributed by atoms with Gasteiger partial charge in [-0.1, -0.05) is 84.4 Å². The summed E-state index contributed by atoms with van der Waals surface area (Å²) >= 11 is 6.32. The number of ether oxygens (including phenoxy) is 2. The fourth-order valence-corrected chi connectivity index (χ4v) is 5.10. The van der Waals surface area contributed by atoms with Crippen molar-refractivity contribution in [1.82, 2.24) is 0 Å². The monoisotopic (exact) mass is 511 g/mol. The van der Waals surface area contributed by atoms with Crippen LogP contribution in [0.5, 0.6) is 5.75 Å². The molecule has 0 aliphatic rings. The molecule has 188 valence electrons. The Hall–Kier alpha value is -3.81. The van der Waals surface area contributed by atoms with E-state index in [1.54, 1.807) is 19.2 Å². The first kappa shape index (κ1) is 26.3. The third-order valence-corrected chi connectivity index (χ3v) is 6.65. The van der Waals surface area contributed by atoms with Crippen molar-refractivity contribution in [3.8, 4) is 11.8 Å². The minimum absolute atomic E-state index is 0.102. The predicted molar refractivity (Wildman–Crippen MR) is 148 cm³/mol. The molecule has 0 radical (unpaired) electrons. The van der Waals surface area contributed by atoms with Gasteiger partial charge in [0.15, 0.2) is 5.41 Å². The highest BCUT2D eigenvalue weighted by atomic mass is 35.5. The van der Waals surface area contributed by atoms with E-state index in [0.717, 1.165) is 27.5 Å². The van der Waals surface area contributed by atoms with E-state index in [1.807, 2.05) is 99.6 Å². The summed E-state index contributed by atoms with van der Waals surface area (Å²) in [4.78, 5) is 14.2. The summed E-state index contributed by atoms with van der Waals surface area (Å²) in [5.41, 5.74) is -0.0817. The third kappa shape index (κ3) is 5.48. The molecular weight excluding hydrogens is 482 g/mol. The van der Waals surface area contributed by atoms with E-state index >= 15 is 0 Å². The van der Waals surface area contributed by atoms with Gasteiger partial charge < -0.3 is 9.47 Å². The van der Waals surface area contributed by atoms with Crippen LogP contribution in [-0.4, -0.2) is 18.7 Å². The lowest BCUT2D eigenvalue weighted by Gasteiger charge is -2.37. The summed E-state index contributed by atoms with van der Waals surface area (Å²) in [6.45, 7) is 5.42. The zero-order valence-corrected chi connectivity index (χ0v) is 22.3. The Morgan fingerprint density at radius 3 is 2.27 bits per heavy atom. The van der Waals surface area contributed by atoms with Crippen molar-refractivity contribution in [3.63, 3.8) is 0 Å². The van der Waals surface area contributed by atoms with Crippen LogP contribution < -0.4 is 4.74 Å². The standard InChI is InChI=1S/C32H30ClNO3/c1-31(2,3)37-30(35)32(21-34,20-22-11-9-14-24(33)19-22)29(27-16-7-8-18-28(27)36-4)26-17-10-13-23-12-5-6-15-25(23)26/h5-19,29H,20H2,1-4H3. The predicted octanol–water partition coefficient (Wildman–Crippen LogP) is 7.73. The van der Waals surface area contributed by atoms with E-state index in [2.05, 4.69) is 6.07 Å². The highest BCUT2D eigenvalue weighted by molar-refractivity contribution is 6.30. The summed E-state index contributed by atoms with van der Waals surface area (Å²) < 4.78 is 11.7. The topological polar surface area (TPSA) is 59.3 Å². The molecular formula is C32H30ClNO3. The van der Waals surface area contributed by atoms with Crippen molar-refractivity contribution in [2.45, 2.75) is 38.7 Å². The van der Waals surface area contributed by atoms with Crippen LogP contribution in [0.25, 0.3) is 10.8 Å². The van der Waals surface area contributed by atoms with Gasteiger partial charge in [0.05, 0.1) is 13.2 Å². The van der Waals surface area contributed by atoms with E-state index in [-0.39, 0.29) is 6.42 Å². The fraction of sp³-hybridized carbons (Fsp3) is 0.250. The van der Waals surface area contributed by atoms with E-state index < -0.39 is 22.9 Å². The van der Waals surface area contributed by atoms with Crippen molar-refractivity contribution in [2.24, 2.45) is 5.41 Å². The molecule has 37 heavy (non-hydrogen) atoms. The quantitative estimate of drug-likeness (QED) is 0.238.